The van der Waals surface area contributed by atoms with Gasteiger partial charge in [-0.1, -0.05) is 84.9 Å². The van der Waals surface area contributed by atoms with Crippen LogP contribution in [0.4, 0.5) is 0 Å². The lowest BCUT2D eigenvalue weighted by atomic mass is 9.99. The van der Waals surface area contributed by atoms with E-state index in [1.807, 2.05) is 84.9 Å². The SMILES string of the molecule is NC(N)=NCCC[C@@H]1NC(=O)CNC(=O)[C@H](Cc2ccc3ccccc3c2)NC(=O)[C@H](CCCN=C(N)N)NC(=O)[C@H](Cc2ccc3ccccc3c2)NC1=O. The molecule has 0 radical (unpaired) electrons. The van der Waals surface area contributed by atoms with Gasteiger partial charge in [-0.2, -0.15) is 0 Å². The van der Waals surface area contributed by atoms with Crippen molar-refractivity contribution in [3.63, 3.8) is 0 Å². The topological polar surface area (TPSA) is 274 Å². The molecule has 5 rings (SSSR count). The molecule has 5 amide bonds. The van der Waals surface area contributed by atoms with Crippen LogP contribution in [0.3, 0.4) is 0 Å². The quantitative estimate of drug-likeness (QED) is 0.0531. The van der Waals surface area contributed by atoms with Crippen LogP contribution < -0.4 is 49.5 Å². The summed E-state index contributed by atoms with van der Waals surface area (Å²) in [6, 6.07) is 22.3. The average molecular weight is 764 g/mol. The summed E-state index contributed by atoms with van der Waals surface area (Å²) in [7, 11) is 0. The number of nitrogens with two attached hydrogens (primary N) is 4. The smallest absolute Gasteiger partial charge is 0.243 e. The van der Waals surface area contributed by atoms with Crippen molar-refractivity contribution in [3.05, 3.63) is 96.1 Å². The van der Waals surface area contributed by atoms with Crippen LogP contribution in [0, 0.1) is 0 Å². The number of fused-ring (bicyclic) bond motifs is 2. The molecule has 13 N–H and O–H groups in total. The maximum absolute atomic E-state index is 14.2. The fourth-order valence-electron chi connectivity index (χ4n) is 6.52. The highest BCUT2D eigenvalue weighted by molar-refractivity contribution is 5.97. The van der Waals surface area contributed by atoms with Crippen LogP contribution in [0.15, 0.2) is 94.9 Å². The summed E-state index contributed by atoms with van der Waals surface area (Å²) < 4.78 is 0. The number of carbonyl (C=O) groups excluding carboxylic acids is 5. The van der Waals surface area contributed by atoms with E-state index >= 15 is 0 Å². The van der Waals surface area contributed by atoms with Crippen molar-refractivity contribution in [2.75, 3.05) is 19.6 Å². The molecule has 0 aliphatic carbocycles. The fourth-order valence-corrected chi connectivity index (χ4v) is 6.52. The highest BCUT2D eigenvalue weighted by atomic mass is 16.2. The van der Waals surface area contributed by atoms with E-state index < -0.39 is 60.2 Å². The number of nitrogens with one attached hydrogen (secondary N) is 5. The molecule has 1 fully saturated rings. The van der Waals surface area contributed by atoms with E-state index in [9.17, 15) is 24.0 Å². The molecule has 4 atom stereocenters. The first-order chi connectivity index (χ1) is 26.9. The average Bonchev–Trinajstić information content (AvgIpc) is 3.18. The molecule has 16 heteroatoms. The molecule has 0 spiro atoms. The zero-order chi connectivity index (χ0) is 40.0. The number of aliphatic imine (C=N–C) groups is 2. The second-order valence-electron chi connectivity index (χ2n) is 13.7. The van der Waals surface area contributed by atoms with E-state index in [1.54, 1.807) is 0 Å². The van der Waals surface area contributed by atoms with Gasteiger partial charge in [0.15, 0.2) is 11.9 Å². The fraction of sp³-hybridized carbons (Fsp3) is 0.325. The van der Waals surface area contributed by atoms with Gasteiger partial charge in [0.25, 0.3) is 0 Å². The number of hydrogen-bond donors (Lipinski definition) is 9. The van der Waals surface area contributed by atoms with Gasteiger partial charge in [0.05, 0.1) is 6.54 Å². The lowest BCUT2D eigenvalue weighted by Crippen LogP contribution is -2.58. The highest BCUT2D eigenvalue weighted by Crippen LogP contribution is 2.19. The molecule has 56 heavy (non-hydrogen) atoms. The first-order valence-corrected chi connectivity index (χ1v) is 18.5. The van der Waals surface area contributed by atoms with Crippen molar-refractivity contribution in [1.82, 2.24) is 26.6 Å². The van der Waals surface area contributed by atoms with Crippen LogP contribution in [0.25, 0.3) is 21.5 Å². The summed E-state index contributed by atoms with van der Waals surface area (Å²) in [6.45, 7) is -0.124. The Morgan fingerprint density at radius 3 is 1.41 bits per heavy atom. The summed E-state index contributed by atoms with van der Waals surface area (Å²) in [6.07, 6.45) is 0.971. The minimum Gasteiger partial charge on any atom is -0.370 e. The van der Waals surface area contributed by atoms with Crippen molar-refractivity contribution in [2.24, 2.45) is 32.9 Å². The molecular formula is C40H49N11O5. The summed E-state index contributed by atoms with van der Waals surface area (Å²) in [5, 5.41) is 17.6. The van der Waals surface area contributed by atoms with Crippen molar-refractivity contribution in [2.45, 2.75) is 62.7 Å². The van der Waals surface area contributed by atoms with E-state index in [0.717, 1.165) is 32.7 Å². The molecule has 16 nitrogen and oxygen atoms in total. The van der Waals surface area contributed by atoms with Gasteiger partial charge in [0, 0.05) is 25.9 Å². The van der Waals surface area contributed by atoms with Crippen molar-refractivity contribution in [1.29, 1.82) is 0 Å². The number of carbonyl (C=O) groups is 5. The second kappa shape index (κ2) is 19.6. The van der Waals surface area contributed by atoms with Crippen LogP contribution in [0.5, 0.6) is 0 Å². The van der Waals surface area contributed by atoms with Gasteiger partial charge in [-0.05, 0) is 58.4 Å². The number of amides is 5. The summed E-state index contributed by atoms with van der Waals surface area (Å²) >= 11 is 0. The third-order valence-electron chi connectivity index (χ3n) is 9.37. The molecule has 0 aromatic heterocycles. The molecule has 0 bridgehead atoms. The standard InChI is InChI=1S/C40H49N11O5/c41-39(42)45-17-5-11-30-36(54)51-33(22-25-14-16-27-8-2-4-10-29(27)20-25)38(56)49-31(12-6-18-46-40(43)44)37(55)50-32(35(53)47-23-34(52)48-30)21-24-13-15-26-7-1-3-9-28(26)19-24/h1-4,7-10,13-16,19-20,30-33H,5-6,11-12,17-18,21-23H2,(H,47,53)(H,48,52)(H,49,56)(H,50,55)(H,51,54)(H4,41,42,45)(H4,43,44,46)/t30-,31-,32-,33-/m0/s1. The van der Waals surface area contributed by atoms with Gasteiger partial charge >= 0.3 is 0 Å². The second-order valence-corrected chi connectivity index (χ2v) is 13.7. The van der Waals surface area contributed by atoms with E-state index in [4.69, 9.17) is 22.9 Å². The predicted octanol–water partition coefficient (Wildman–Crippen LogP) is -0.0456. The Balaban J connectivity index is 1.48. The molecule has 1 saturated heterocycles. The minimum absolute atomic E-state index is 0.0596. The van der Waals surface area contributed by atoms with Crippen molar-refractivity contribution >= 4 is 63.0 Å². The van der Waals surface area contributed by atoms with Crippen molar-refractivity contribution in [3.8, 4) is 0 Å². The first-order valence-electron chi connectivity index (χ1n) is 18.5. The number of nitrogens with zero attached hydrogens (tertiary/aromatic N) is 2. The molecule has 1 aliphatic heterocycles. The first kappa shape index (κ1) is 40.5. The molecular weight excluding hydrogens is 715 g/mol. The summed E-state index contributed by atoms with van der Waals surface area (Å²) in [5.41, 5.74) is 23.5. The minimum atomic E-state index is -1.17. The van der Waals surface area contributed by atoms with Crippen molar-refractivity contribution < 1.29 is 24.0 Å². The molecule has 0 saturated carbocycles. The normalized spacial score (nSPS) is 19.7. The summed E-state index contributed by atoms with van der Waals surface area (Å²) in [4.78, 5) is 77.2. The number of benzene rings is 4. The zero-order valence-electron chi connectivity index (χ0n) is 31.0. The Morgan fingerprint density at radius 1 is 0.518 bits per heavy atom. The molecule has 1 aliphatic rings. The number of guanidine groups is 2. The Bertz CT molecular complexity index is 2110. The van der Waals surface area contributed by atoms with Crippen LogP contribution >= 0.6 is 0 Å². The molecule has 294 valence electrons. The number of rotatable bonds is 12. The van der Waals surface area contributed by atoms with Crippen LogP contribution in [0.1, 0.15) is 36.8 Å². The van der Waals surface area contributed by atoms with Gasteiger partial charge in [-0.15, -0.1) is 0 Å². The largest absolute Gasteiger partial charge is 0.370 e. The molecule has 4 aromatic carbocycles. The van der Waals surface area contributed by atoms with Gasteiger partial charge in [0.1, 0.15) is 24.2 Å². The summed E-state index contributed by atoms with van der Waals surface area (Å²) in [5.74, 6) is -3.47. The Hall–Kier alpha value is -6.71. The predicted molar refractivity (Wildman–Crippen MR) is 216 cm³/mol. The van der Waals surface area contributed by atoms with Gasteiger partial charge in [-0.3, -0.25) is 34.0 Å². The van der Waals surface area contributed by atoms with Crippen LogP contribution in [-0.2, 0) is 36.8 Å². The van der Waals surface area contributed by atoms with Crippen LogP contribution in [-0.4, -0.2) is 85.3 Å². The lowest BCUT2D eigenvalue weighted by Gasteiger charge is -2.26. The third kappa shape index (κ3) is 11.9. The van der Waals surface area contributed by atoms with Gasteiger partial charge < -0.3 is 49.5 Å². The van der Waals surface area contributed by atoms with E-state index in [1.165, 1.54) is 0 Å². The maximum atomic E-state index is 14.2. The maximum Gasteiger partial charge on any atom is 0.243 e. The Morgan fingerprint density at radius 2 is 0.929 bits per heavy atom. The Labute approximate surface area is 324 Å². The van der Waals surface area contributed by atoms with Gasteiger partial charge in [-0.25, -0.2) is 0 Å². The third-order valence-corrected chi connectivity index (χ3v) is 9.37. The molecule has 1 heterocycles. The molecule has 4 aromatic rings. The van der Waals surface area contributed by atoms with E-state index in [2.05, 4.69) is 36.6 Å². The van der Waals surface area contributed by atoms with E-state index in [-0.39, 0.29) is 50.7 Å². The lowest BCUT2D eigenvalue weighted by molar-refractivity contribution is -0.134. The number of hydrogen-bond acceptors (Lipinski definition) is 7. The monoisotopic (exact) mass is 763 g/mol. The molecule has 0 unspecified atom stereocenters. The zero-order valence-corrected chi connectivity index (χ0v) is 31.0. The highest BCUT2D eigenvalue weighted by Gasteiger charge is 2.32. The van der Waals surface area contributed by atoms with Gasteiger partial charge in [0.2, 0.25) is 29.5 Å². The van der Waals surface area contributed by atoms with Crippen LogP contribution in [0.2, 0.25) is 0 Å². The van der Waals surface area contributed by atoms with E-state index in [0.29, 0.717) is 12.8 Å². The Kier molecular flexibility index (Phi) is 14.1.